The molecule has 0 atom stereocenters. The van der Waals surface area contributed by atoms with Crippen molar-refractivity contribution in [1.29, 1.82) is 0 Å². The smallest absolute Gasteiger partial charge is 0.262 e. The van der Waals surface area contributed by atoms with Crippen LogP contribution >= 0.6 is 0 Å². The van der Waals surface area contributed by atoms with E-state index in [0.717, 1.165) is 16.7 Å². The molecular weight excluding hydrogens is 268 g/mol. The number of benzene rings is 2. The van der Waals surface area contributed by atoms with E-state index in [9.17, 15) is 9.59 Å². The maximum Gasteiger partial charge on any atom is 0.262 e. The minimum atomic E-state index is -0.158. The first-order chi connectivity index (χ1) is 10.2. The third-order valence-electron chi connectivity index (χ3n) is 3.77. The van der Waals surface area contributed by atoms with E-state index in [1.54, 1.807) is 0 Å². The Hall–Kier alpha value is -2.82. The molecule has 2 N–H and O–H groups in total. The van der Waals surface area contributed by atoms with E-state index in [0.29, 0.717) is 23.5 Å². The van der Waals surface area contributed by atoms with Crippen LogP contribution in [0.5, 0.6) is 5.75 Å². The van der Waals surface area contributed by atoms with Crippen molar-refractivity contribution in [3.8, 4) is 16.9 Å². The van der Waals surface area contributed by atoms with Crippen molar-refractivity contribution in [2.24, 2.45) is 0 Å². The van der Waals surface area contributed by atoms with Gasteiger partial charge in [-0.3, -0.25) is 9.59 Å². The second-order valence-electron chi connectivity index (χ2n) is 5.03. The van der Waals surface area contributed by atoms with Crippen LogP contribution in [-0.2, 0) is 11.3 Å². The standard InChI is InChI=1S/C16H12N2O3/c19-14-8-21-15-10(4-2-6-13(15)18-14)9-3-1-5-11-12(9)7-17-16(11)20/h1-6H,7-8H2,(H,17,20)(H,18,19). The summed E-state index contributed by atoms with van der Waals surface area (Å²) in [5.74, 6) is 0.450. The Balaban J connectivity index is 1.91. The summed E-state index contributed by atoms with van der Waals surface area (Å²) >= 11 is 0. The van der Waals surface area contributed by atoms with Crippen LogP contribution in [0.4, 0.5) is 5.69 Å². The van der Waals surface area contributed by atoms with Crippen LogP contribution in [0, 0.1) is 0 Å². The normalized spacial score (nSPS) is 15.6. The largest absolute Gasteiger partial charge is 0.481 e. The zero-order valence-electron chi connectivity index (χ0n) is 11.1. The van der Waals surface area contributed by atoms with Gasteiger partial charge in [-0.05, 0) is 23.3 Å². The second-order valence-corrected chi connectivity index (χ2v) is 5.03. The summed E-state index contributed by atoms with van der Waals surface area (Å²) in [5.41, 5.74) is 4.18. The molecule has 4 rings (SSSR count). The summed E-state index contributed by atoms with van der Waals surface area (Å²) in [6.07, 6.45) is 0. The molecule has 2 aromatic carbocycles. The van der Waals surface area contributed by atoms with Crippen molar-refractivity contribution >= 4 is 17.5 Å². The van der Waals surface area contributed by atoms with Gasteiger partial charge in [-0.25, -0.2) is 0 Å². The molecule has 104 valence electrons. The lowest BCUT2D eigenvalue weighted by molar-refractivity contribution is -0.118. The van der Waals surface area contributed by atoms with Crippen LogP contribution in [0.1, 0.15) is 15.9 Å². The Morgan fingerprint density at radius 3 is 2.62 bits per heavy atom. The Labute approximate surface area is 120 Å². The van der Waals surface area contributed by atoms with Gasteiger partial charge < -0.3 is 15.4 Å². The third kappa shape index (κ3) is 1.78. The maximum absolute atomic E-state index is 11.8. The summed E-state index contributed by atoms with van der Waals surface area (Å²) < 4.78 is 5.59. The molecule has 0 saturated heterocycles. The fourth-order valence-corrected chi connectivity index (χ4v) is 2.83. The van der Waals surface area contributed by atoms with E-state index >= 15 is 0 Å². The number of hydrogen-bond acceptors (Lipinski definition) is 3. The van der Waals surface area contributed by atoms with Crippen molar-refractivity contribution < 1.29 is 14.3 Å². The number of carbonyl (C=O) groups excluding carboxylic acids is 2. The highest BCUT2D eigenvalue weighted by Gasteiger charge is 2.25. The molecule has 5 heteroatoms. The fourth-order valence-electron chi connectivity index (χ4n) is 2.83. The zero-order chi connectivity index (χ0) is 14.4. The van der Waals surface area contributed by atoms with Crippen molar-refractivity contribution in [2.75, 3.05) is 11.9 Å². The number of fused-ring (bicyclic) bond motifs is 2. The van der Waals surface area contributed by atoms with Crippen LogP contribution in [0.3, 0.4) is 0 Å². The van der Waals surface area contributed by atoms with Gasteiger partial charge in [0.05, 0.1) is 5.69 Å². The quantitative estimate of drug-likeness (QED) is 0.838. The highest BCUT2D eigenvalue weighted by molar-refractivity contribution is 6.02. The lowest BCUT2D eigenvalue weighted by Crippen LogP contribution is -2.25. The van der Waals surface area contributed by atoms with Gasteiger partial charge in [-0.15, -0.1) is 0 Å². The van der Waals surface area contributed by atoms with Crippen molar-refractivity contribution in [3.63, 3.8) is 0 Å². The number of ether oxygens (including phenoxy) is 1. The summed E-state index contributed by atoms with van der Waals surface area (Å²) in [5, 5.41) is 5.63. The average Bonchev–Trinajstić information content (AvgIpc) is 2.88. The molecule has 0 fully saturated rings. The van der Waals surface area contributed by atoms with Gasteiger partial charge in [0.1, 0.15) is 0 Å². The molecule has 5 nitrogen and oxygen atoms in total. The topological polar surface area (TPSA) is 67.4 Å². The molecule has 0 saturated carbocycles. The molecule has 2 amide bonds. The first-order valence-electron chi connectivity index (χ1n) is 6.70. The third-order valence-corrected chi connectivity index (χ3v) is 3.77. The summed E-state index contributed by atoms with van der Waals surface area (Å²) in [6.45, 7) is 0.524. The highest BCUT2D eigenvalue weighted by Crippen LogP contribution is 2.40. The zero-order valence-corrected chi connectivity index (χ0v) is 11.1. The maximum atomic E-state index is 11.8. The molecule has 2 aliphatic heterocycles. The first kappa shape index (κ1) is 12.0. The van der Waals surface area contributed by atoms with Gasteiger partial charge in [-0.2, -0.15) is 0 Å². The number of nitrogens with one attached hydrogen (secondary N) is 2. The average molecular weight is 280 g/mol. The lowest BCUT2D eigenvalue weighted by atomic mass is 9.95. The van der Waals surface area contributed by atoms with Crippen LogP contribution in [-0.4, -0.2) is 18.4 Å². The number of para-hydroxylation sites is 1. The predicted molar refractivity (Wildman–Crippen MR) is 77.2 cm³/mol. The summed E-state index contributed by atoms with van der Waals surface area (Å²) in [4.78, 5) is 23.2. The molecule has 0 aliphatic carbocycles. The molecule has 0 unspecified atom stereocenters. The Morgan fingerprint density at radius 1 is 0.952 bits per heavy atom. The van der Waals surface area contributed by atoms with E-state index in [1.807, 2.05) is 36.4 Å². The number of anilines is 1. The van der Waals surface area contributed by atoms with Gasteiger partial charge in [-0.1, -0.05) is 24.3 Å². The van der Waals surface area contributed by atoms with Crippen molar-refractivity contribution in [1.82, 2.24) is 5.32 Å². The number of rotatable bonds is 1. The van der Waals surface area contributed by atoms with Crippen molar-refractivity contribution in [2.45, 2.75) is 6.54 Å². The van der Waals surface area contributed by atoms with Crippen LogP contribution in [0.15, 0.2) is 36.4 Å². The van der Waals surface area contributed by atoms with Gasteiger partial charge in [0, 0.05) is 17.7 Å². The van der Waals surface area contributed by atoms with E-state index in [4.69, 9.17) is 4.74 Å². The van der Waals surface area contributed by atoms with Gasteiger partial charge in [0.2, 0.25) is 0 Å². The van der Waals surface area contributed by atoms with E-state index in [-0.39, 0.29) is 18.4 Å². The van der Waals surface area contributed by atoms with Crippen molar-refractivity contribution in [3.05, 3.63) is 47.5 Å². The second kappa shape index (κ2) is 4.34. The SMILES string of the molecule is O=C1COc2c(cccc2-c2cccc3c2CNC3=O)N1. The molecule has 0 radical (unpaired) electrons. The lowest BCUT2D eigenvalue weighted by Gasteiger charge is -2.21. The van der Waals surface area contributed by atoms with E-state index in [2.05, 4.69) is 10.6 Å². The number of hydrogen-bond donors (Lipinski definition) is 2. The minimum absolute atomic E-state index is 0.0101. The minimum Gasteiger partial charge on any atom is -0.481 e. The summed E-state index contributed by atoms with van der Waals surface area (Å²) in [6, 6.07) is 11.3. The van der Waals surface area contributed by atoms with Crippen LogP contribution < -0.4 is 15.4 Å². The van der Waals surface area contributed by atoms with Crippen LogP contribution in [0.25, 0.3) is 11.1 Å². The molecule has 0 spiro atoms. The number of carbonyl (C=O) groups is 2. The fraction of sp³-hybridized carbons (Fsp3) is 0.125. The van der Waals surface area contributed by atoms with Gasteiger partial charge in [0.15, 0.2) is 12.4 Å². The molecule has 2 aromatic rings. The monoisotopic (exact) mass is 280 g/mol. The first-order valence-corrected chi connectivity index (χ1v) is 6.70. The highest BCUT2D eigenvalue weighted by atomic mass is 16.5. The molecule has 0 aromatic heterocycles. The van der Waals surface area contributed by atoms with E-state index < -0.39 is 0 Å². The molecule has 2 aliphatic rings. The summed E-state index contributed by atoms with van der Waals surface area (Å²) in [7, 11) is 0. The molecular formula is C16H12N2O3. The predicted octanol–water partition coefficient (Wildman–Crippen LogP) is 1.93. The molecule has 21 heavy (non-hydrogen) atoms. The Kier molecular flexibility index (Phi) is 2.47. The van der Waals surface area contributed by atoms with Gasteiger partial charge >= 0.3 is 0 Å². The molecule has 0 bridgehead atoms. The Bertz CT molecular complexity index is 783. The van der Waals surface area contributed by atoms with Crippen LogP contribution in [0.2, 0.25) is 0 Å². The van der Waals surface area contributed by atoms with Gasteiger partial charge in [0.25, 0.3) is 11.8 Å². The van der Waals surface area contributed by atoms with E-state index in [1.165, 1.54) is 0 Å². The Morgan fingerprint density at radius 2 is 1.71 bits per heavy atom. The molecule has 2 heterocycles. The number of amides is 2.